The van der Waals surface area contributed by atoms with Crippen molar-refractivity contribution in [2.75, 3.05) is 0 Å². The van der Waals surface area contributed by atoms with Gasteiger partial charge in [0.2, 0.25) is 0 Å². The van der Waals surface area contributed by atoms with Gasteiger partial charge in [-0.2, -0.15) is 0 Å². The van der Waals surface area contributed by atoms with Gasteiger partial charge in [-0.25, -0.2) is 0 Å². The molecule has 3 aromatic carbocycles. The molecule has 0 amide bonds. The summed E-state index contributed by atoms with van der Waals surface area (Å²) < 4.78 is 2.41. The molecule has 1 heteroatoms. The van der Waals surface area contributed by atoms with E-state index < -0.39 is 0 Å². The molecular weight excluding hydrogens is 374 g/mol. The number of hydrogen-bond donors (Lipinski definition) is 0. The van der Waals surface area contributed by atoms with E-state index in [-0.39, 0.29) is 10.8 Å². The zero-order valence-corrected chi connectivity index (χ0v) is 19.9. The summed E-state index contributed by atoms with van der Waals surface area (Å²) in [5.41, 5.74) is 8.00. The lowest BCUT2D eigenvalue weighted by Crippen LogP contribution is -2.15. The third kappa shape index (κ3) is 3.61. The van der Waals surface area contributed by atoms with E-state index in [1.54, 1.807) is 0 Å². The first-order chi connectivity index (χ1) is 14.7. The second-order valence-corrected chi connectivity index (χ2v) is 10.1. The Hall–Kier alpha value is -2.80. The highest BCUT2D eigenvalue weighted by molar-refractivity contribution is 6.09. The lowest BCUT2D eigenvalue weighted by molar-refractivity contribution is 0.506. The van der Waals surface area contributed by atoms with E-state index in [0.29, 0.717) is 0 Å². The largest absolute Gasteiger partial charge is 0.309 e. The molecule has 0 fully saturated rings. The molecule has 0 N–H and O–H groups in total. The van der Waals surface area contributed by atoms with Crippen LogP contribution in [0.5, 0.6) is 0 Å². The van der Waals surface area contributed by atoms with Crippen LogP contribution in [0.25, 0.3) is 33.6 Å². The lowest BCUT2D eigenvalue weighted by atomic mass is 9.81. The van der Waals surface area contributed by atoms with E-state index >= 15 is 0 Å². The Morgan fingerprint density at radius 2 is 1.16 bits per heavy atom. The van der Waals surface area contributed by atoms with Gasteiger partial charge >= 0.3 is 0 Å². The van der Waals surface area contributed by atoms with Crippen LogP contribution in [-0.2, 0) is 10.8 Å². The van der Waals surface area contributed by atoms with Crippen LogP contribution in [0, 0.1) is 0 Å². The molecule has 0 saturated carbocycles. The molecule has 0 bridgehead atoms. The van der Waals surface area contributed by atoms with Gasteiger partial charge in [-0.15, -0.1) is 0 Å². The zero-order valence-electron chi connectivity index (χ0n) is 19.9. The van der Waals surface area contributed by atoms with Crippen LogP contribution in [0.3, 0.4) is 0 Å². The van der Waals surface area contributed by atoms with Gasteiger partial charge in [0, 0.05) is 16.5 Å². The molecule has 31 heavy (non-hydrogen) atoms. The van der Waals surface area contributed by atoms with Gasteiger partial charge in [-0.05, 0) is 76.8 Å². The molecular formula is C30H35N. The average molecular weight is 410 g/mol. The van der Waals surface area contributed by atoms with Gasteiger partial charge in [0.05, 0.1) is 11.0 Å². The number of rotatable bonds is 6. The highest BCUT2D eigenvalue weighted by Gasteiger charge is 2.23. The first-order valence-electron chi connectivity index (χ1n) is 11.5. The highest BCUT2D eigenvalue weighted by Crippen LogP contribution is 2.38. The molecule has 0 unspecified atom stereocenters. The molecule has 4 rings (SSSR count). The fourth-order valence-electron chi connectivity index (χ4n) is 4.31. The van der Waals surface area contributed by atoms with Crippen LogP contribution in [-0.4, -0.2) is 4.57 Å². The summed E-state index contributed by atoms with van der Waals surface area (Å²) in [6.07, 6.45) is 4.14. The van der Waals surface area contributed by atoms with E-state index in [1.165, 1.54) is 38.6 Å². The van der Waals surface area contributed by atoms with Crippen LogP contribution < -0.4 is 0 Å². The van der Waals surface area contributed by atoms with Gasteiger partial charge in [0.1, 0.15) is 0 Å². The van der Waals surface area contributed by atoms with Crippen molar-refractivity contribution in [3.63, 3.8) is 0 Å². The van der Waals surface area contributed by atoms with Crippen LogP contribution in [0.2, 0.25) is 0 Å². The van der Waals surface area contributed by atoms with Crippen LogP contribution in [0.4, 0.5) is 0 Å². The summed E-state index contributed by atoms with van der Waals surface area (Å²) in [6, 6.07) is 22.8. The fourth-order valence-corrected chi connectivity index (χ4v) is 4.31. The molecule has 0 atom stereocenters. The summed E-state index contributed by atoms with van der Waals surface area (Å²) in [6.45, 7) is 17.8. The molecule has 0 aliphatic rings. The maximum atomic E-state index is 3.90. The topological polar surface area (TPSA) is 4.93 Å². The Balaban J connectivity index is 2.07. The van der Waals surface area contributed by atoms with Gasteiger partial charge in [0.15, 0.2) is 0 Å². The Morgan fingerprint density at radius 1 is 0.710 bits per heavy atom. The van der Waals surface area contributed by atoms with E-state index in [2.05, 4.69) is 113 Å². The van der Waals surface area contributed by atoms with Crippen molar-refractivity contribution in [1.29, 1.82) is 0 Å². The quantitative estimate of drug-likeness (QED) is 0.300. The third-order valence-electron chi connectivity index (χ3n) is 7.48. The van der Waals surface area contributed by atoms with Gasteiger partial charge < -0.3 is 4.57 Å². The number of aromatic nitrogens is 1. The summed E-state index contributed by atoms with van der Waals surface area (Å²) >= 11 is 0. The van der Waals surface area contributed by atoms with Crippen LogP contribution in [0.1, 0.15) is 71.1 Å². The molecule has 0 spiro atoms. The third-order valence-corrected chi connectivity index (χ3v) is 7.48. The minimum atomic E-state index is 0.161. The van der Waals surface area contributed by atoms with Crippen molar-refractivity contribution in [1.82, 2.24) is 4.57 Å². The van der Waals surface area contributed by atoms with Gasteiger partial charge in [-0.1, -0.05) is 78.5 Å². The molecule has 0 saturated heterocycles. The monoisotopic (exact) mass is 409 g/mol. The SMILES string of the molecule is C=Cc1ccc(-n2c3ccc(C(C)(C)CC)cc3c3cc(C(C)(C)CC)ccc32)cc1. The number of fused-ring (bicyclic) bond motifs is 3. The van der Waals surface area contributed by atoms with E-state index in [0.717, 1.165) is 18.4 Å². The smallest absolute Gasteiger partial charge is 0.0541 e. The second-order valence-electron chi connectivity index (χ2n) is 10.1. The maximum Gasteiger partial charge on any atom is 0.0541 e. The predicted molar refractivity (Wildman–Crippen MR) is 138 cm³/mol. The lowest BCUT2D eigenvalue weighted by Gasteiger charge is -2.24. The highest BCUT2D eigenvalue weighted by atomic mass is 15.0. The number of hydrogen-bond acceptors (Lipinski definition) is 0. The molecule has 1 heterocycles. The van der Waals surface area contributed by atoms with Gasteiger partial charge in [-0.3, -0.25) is 0 Å². The van der Waals surface area contributed by atoms with Crippen molar-refractivity contribution in [2.45, 2.75) is 65.2 Å². The summed E-state index contributed by atoms with van der Waals surface area (Å²) in [4.78, 5) is 0. The first kappa shape index (κ1) is 21.4. The Bertz CT molecular complexity index is 1180. The Labute approximate surface area is 187 Å². The van der Waals surface area contributed by atoms with Crippen LogP contribution >= 0.6 is 0 Å². The summed E-state index contributed by atoms with van der Waals surface area (Å²) in [5.74, 6) is 0. The van der Waals surface area contributed by atoms with Crippen LogP contribution in [0.15, 0.2) is 67.2 Å². The minimum absolute atomic E-state index is 0.161. The van der Waals surface area contributed by atoms with Crippen molar-refractivity contribution < 1.29 is 0 Å². The fraction of sp³-hybridized carbons (Fsp3) is 0.333. The van der Waals surface area contributed by atoms with E-state index in [9.17, 15) is 0 Å². The van der Waals surface area contributed by atoms with Crippen molar-refractivity contribution in [3.05, 3.63) is 83.9 Å². The minimum Gasteiger partial charge on any atom is -0.309 e. The Kier molecular flexibility index (Phi) is 5.33. The molecule has 160 valence electrons. The average Bonchev–Trinajstić information content (AvgIpc) is 3.12. The maximum absolute atomic E-state index is 3.90. The van der Waals surface area contributed by atoms with Crippen molar-refractivity contribution in [3.8, 4) is 5.69 Å². The normalized spacial score (nSPS) is 12.6. The van der Waals surface area contributed by atoms with E-state index in [1.807, 2.05) is 6.08 Å². The molecule has 0 aliphatic carbocycles. The number of benzene rings is 3. The summed E-state index contributed by atoms with van der Waals surface area (Å²) in [5, 5.41) is 2.69. The number of nitrogens with zero attached hydrogens (tertiary/aromatic N) is 1. The van der Waals surface area contributed by atoms with Crippen molar-refractivity contribution >= 4 is 27.9 Å². The Morgan fingerprint density at radius 3 is 1.55 bits per heavy atom. The molecule has 0 radical (unpaired) electrons. The molecule has 1 aromatic heterocycles. The summed E-state index contributed by atoms with van der Waals surface area (Å²) in [7, 11) is 0. The van der Waals surface area contributed by atoms with E-state index in [4.69, 9.17) is 0 Å². The zero-order chi connectivity index (χ0) is 22.4. The molecule has 1 nitrogen and oxygen atoms in total. The first-order valence-corrected chi connectivity index (χ1v) is 11.5. The molecule has 4 aromatic rings. The van der Waals surface area contributed by atoms with Crippen molar-refractivity contribution in [2.24, 2.45) is 0 Å². The predicted octanol–water partition coefficient (Wildman–Crippen LogP) is 8.80. The standard InChI is InChI=1S/C30H35N/c1-8-21-11-15-24(16-12-21)31-27-17-13-22(29(4,5)9-2)19-25(27)26-20-23(14-18-28(26)31)30(6,7)10-3/h8,11-20H,1,9-10H2,2-7H3. The molecule has 0 aliphatic heterocycles. The second kappa shape index (κ2) is 7.71. The van der Waals surface area contributed by atoms with Gasteiger partial charge in [0.25, 0.3) is 0 Å².